The molecule has 2 aliphatic rings. The van der Waals surface area contributed by atoms with E-state index in [0.717, 1.165) is 56.5 Å². The van der Waals surface area contributed by atoms with Crippen LogP contribution in [0.3, 0.4) is 0 Å². The number of nitrogens with zero attached hydrogens (tertiary/aromatic N) is 1. The number of methoxy groups -OCH3 is 1. The lowest BCUT2D eigenvalue weighted by Gasteiger charge is -2.46. The second-order valence-electron chi connectivity index (χ2n) is 7.47. The Kier molecular flexibility index (Phi) is 7.10. The van der Waals surface area contributed by atoms with Crippen molar-refractivity contribution in [2.24, 2.45) is 0 Å². The number of aryl methyl sites for hydroxylation is 1. The first-order valence-corrected chi connectivity index (χ1v) is 9.91. The zero-order chi connectivity index (χ0) is 19.1. The highest BCUT2D eigenvalue weighted by molar-refractivity contribution is 5.76. The van der Waals surface area contributed by atoms with E-state index in [-0.39, 0.29) is 24.2 Å². The quantitative estimate of drug-likeness (QED) is 0.789. The lowest BCUT2D eigenvalue weighted by molar-refractivity contribution is -0.162. The molecule has 2 aliphatic heterocycles. The predicted molar refractivity (Wildman–Crippen MR) is 102 cm³/mol. The van der Waals surface area contributed by atoms with Crippen LogP contribution in [0, 0.1) is 0 Å². The van der Waals surface area contributed by atoms with Crippen LogP contribution in [0.1, 0.15) is 37.7 Å². The fourth-order valence-corrected chi connectivity index (χ4v) is 4.09. The van der Waals surface area contributed by atoms with Crippen molar-refractivity contribution in [2.45, 2.75) is 50.2 Å². The molecular weight excluding hydrogens is 346 g/mol. The van der Waals surface area contributed by atoms with Crippen LogP contribution in [0.5, 0.6) is 5.75 Å². The molecule has 0 aliphatic carbocycles. The average molecular weight is 377 g/mol. The summed E-state index contributed by atoms with van der Waals surface area (Å²) < 4.78 is 17.1. The third kappa shape index (κ3) is 5.43. The Balaban J connectivity index is 1.46. The van der Waals surface area contributed by atoms with Crippen molar-refractivity contribution < 1.29 is 24.1 Å². The van der Waals surface area contributed by atoms with Gasteiger partial charge >= 0.3 is 0 Å². The largest absolute Gasteiger partial charge is 0.497 e. The number of ether oxygens (including phenoxy) is 3. The molecule has 2 fully saturated rings. The highest BCUT2D eigenvalue weighted by Gasteiger charge is 2.41. The van der Waals surface area contributed by atoms with Gasteiger partial charge < -0.3 is 24.2 Å². The first-order valence-electron chi connectivity index (χ1n) is 9.91. The van der Waals surface area contributed by atoms with Gasteiger partial charge in [0, 0.05) is 32.5 Å². The van der Waals surface area contributed by atoms with Gasteiger partial charge in [-0.3, -0.25) is 4.79 Å². The summed E-state index contributed by atoms with van der Waals surface area (Å²) in [5.74, 6) is 1.03. The molecule has 0 aromatic heterocycles. The summed E-state index contributed by atoms with van der Waals surface area (Å²) in [5.41, 5.74) is 0.956. The van der Waals surface area contributed by atoms with Crippen molar-refractivity contribution in [1.29, 1.82) is 0 Å². The smallest absolute Gasteiger partial charge is 0.222 e. The molecule has 0 saturated carbocycles. The Labute approximate surface area is 161 Å². The maximum absolute atomic E-state index is 12.6. The topological polar surface area (TPSA) is 68.2 Å². The molecular formula is C21H31NO5. The summed E-state index contributed by atoms with van der Waals surface area (Å²) in [5, 5.41) is 8.95. The molecule has 1 unspecified atom stereocenters. The van der Waals surface area contributed by atoms with E-state index in [9.17, 15) is 4.79 Å². The molecule has 6 nitrogen and oxygen atoms in total. The van der Waals surface area contributed by atoms with Crippen molar-refractivity contribution in [1.82, 2.24) is 4.90 Å². The minimum Gasteiger partial charge on any atom is -0.497 e. The number of carbonyl (C=O) groups is 1. The van der Waals surface area contributed by atoms with Crippen LogP contribution >= 0.6 is 0 Å². The Bertz CT molecular complexity index is 612. The van der Waals surface area contributed by atoms with Crippen LogP contribution in [-0.4, -0.2) is 67.6 Å². The monoisotopic (exact) mass is 377 g/mol. The van der Waals surface area contributed by atoms with Crippen LogP contribution in [0.2, 0.25) is 0 Å². The maximum Gasteiger partial charge on any atom is 0.222 e. The summed E-state index contributed by atoms with van der Waals surface area (Å²) in [6, 6.07) is 7.89. The molecule has 2 heterocycles. The molecule has 6 heteroatoms. The molecule has 1 N–H and O–H groups in total. The van der Waals surface area contributed by atoms with Crippen molar-refractivity contribution in [3.05, 3.63) is 29.8 Å². The normalized spacial score (nSPS) is 22.0. The third-order valence-corrected chi connectivity index (χ3v) is 5.68. The maximum atomic E-state index is 12.6. The highest BCUT2D eigenvalue weighted by Crippen LogP contribution is 2.36. The number of piperidine rings is 1. The van der Waals surface area contributed by atoms with E-state index in [0.29, 0.717) is 19.6 Å². The number of hydrogen-bond donors (Lipinski definition) is 1. The van der Waals surface area contributed by atoms with Gasteiger partial charge in [-0.1, -0.05) is 12.1 Å². The molecule has 1 aromatic carbocycles. The van der Waals surface area contributed by atoms with Gasteiger partial charge in [0.2, 0.25) is 5.91 Å². The van der Waals surface area contributed by atoms with Gasteiger partial charge in [0.05, 0.1) is 32.0 Å². The fourth-order valence-electron chi connectivity index (χ4n) is 4.09. The van der Waals surface area contributed by atoms with Gasteiger partial charge in [-0.05, 0) is 43.4 Å². The number of carbonyl (C=O) groups excluding carboxylic acids is 1. The second-order valence-corrected chi connectivity index (χ2v) is 7.47. The van der Waals surface area contributed by atoms with Crippen molar-refractivity contribution >= 4 is 5.91 Å². The predicted octanol–water partition coefficient (Wildman–Crippen LogP) is 2.18. The molecule has 0 radical (unpaired) electrons. The number of likely N-dealkylation sites (tertiary alicyclic amines) is 1. The standard InChI is InChI=1S/C21H31NO5/c1-25-18-4-2-3-17(15-18)5-6-20(24)22-10-8-21(9-11-22)16-19(7-13-27-21)26-14-12-23/h2-4,15,19,23H,5-14,16H2,1H3. The van der Waals surface area contributed by atoms with E-state index in [1.165, 1.54) is 0 Å². The van der Waals surface area contributed by atoms with E-state index in [1.807, 2.05) is 29.2 Å². The number of rotatable bonds is 7. The van der Waals surface area contributed by atoms with Gasteiger partial charge in [-0.15, -0.1) is 0 Å². The Morgan fingerprint density at radius 1 is 1.37 bits per heavy atom. The molecule has 27 heavy (non-hydrogen) atoms. The van der Waals surface area contributed by atoms with E-state index in [2.05, 4.69) is 0 Å². The summed E-state index contributed by atoms with van der Waals surface area (Å²) in [6.07, 6.45) is 4.85. The van der Waals surface area contributed by atoms with Crippen LogP contribution in [0.25, 0.3) is 0 Å². The van der Waals surface area contributed by atoms with Gasteiger partial charge in [-0.25, -0.2) is 0 Å². The van der Waals surface area contributed by atoms with Gasteiger partial charge in [0.1, 0.15) is 5.75 Å². The van der Waals surface area contributed by atoms with E-state index in [1.54, 1.807) is 7.11 Å². The minimum absolute atomic E-state index is 0.0555. The average Bonchev–Trinajstić information content (AvgIpc) is 2.71. The van der Waals surface area contributed by atoms with Crippen LogP contribution in [0.15, 0.2) is 24.3 Å². The molecule has 1 spiro atoms. The van der Waals surface area contributed by atoms with E-state index in [4.69, 9.17) is 19.3 Å². The number of hydrogen-bond acceptors (Lipinski definition) is 5. The number of aliphatic hydroxyl groups is 1. The first kappa shape index (κ1) is 20.1. The summed E-state index contributed by atoms with van der Waals surface area (Å²) >= 11 is 0. The molecule has 1 amide bonds. The van der Waals surface area contributed by atoms with Crippen LogP contribution in [0.4, 0.5) is 0 Å². The molecule has 2 saturated heterocycles. The second kappa shape index (κ2) is 9.53. The highest BCUT2D eigenvalue weighted by atomic mass is 16.5. The first-order chi connectivity index (χ1) is 13.1. The lowest BCUT2D eigenvalue weighted by Crippen LogP contribution is -2.52. The number of amides is 1. The van der Waals surface area contributed by atoms with Crippen molar-refractivity contribution in [2.75, 3.05) is 40.0 Å². The van der Waals surface area contributed by atoms with Gasteiger partial charge in [0.25, 0.3) is 0 Å². The van der Waals surface area contributed by atoms with E-state index >= 15 is 0 Å². The zero-order valence-corrected chi connectivity index (χ0v) is 16.2. The van der Waals surface area contributed by atoms with Gasteiger partial charge in [-0.2, -0.15) is 0 Å². The van der Waals surface area contributed by atoms with E-state index < -0.39 is 0 Å². The summed E-state index contributed by atoms with van der Waals surface area (Å²) in [6.45, 7) is 2.61. The Morgan fingerprint density at radius 3 is 2.93 bits per heavy atom. The number of aliphatic hydroxyl groups excluding tert-OH is 1. The minimum atomic E-state index is -0.165. The SMILES string of the molecule is COc1cccc(CCC(=O)N2CCC3(CC2)CC(OCCO)CCO3)c1. The van der Waals surface area contributed by atoms with Crippen LogP contribution in [-0.2, 0) is 20.7 Å². The molecule has 3 rings (SSSR count). The van der Waals surface area contributed by atoms with Gasteiger partial charge in [0.15, 0.2) is 0 Å². The lowest BCUT2D eigenvalue weighted by atomic mass is 9.83. The van der Waals surface area contributed by atoms with Crippen molar-refractivity contribution in [3.8, 4) is 5.75 Å². The zero-order valence-electron chi connectivity index (χ0n) is 16.2. The fraction of sp³-hybridized carbons (Fsp3) is 0.667. The Morgan fingerprint density at radius 2 is 2.19 bits per heavy atom. The Hall–Kier alpha value is -1.63. The molecule has 1 aromatic rings. The molecule has 0 bridgehead atoms. The molecule has 150 valence electrons. The third-order valence-electron chi connectivity index (χ3n) is 5.68. The molecule has 1 atom stereocenters. The van der Waals surface area contributed by atoms with Crippen molar-refractivity contribution in [3.63, 3.8) is 0 Å². The number of benzene rings is 1. The van der Waals surface area contributed by atoms with Crippen LogP contribution < -0.4 is 4.74 Å². The summed E-state index contributed by atoms with van der Waals surface area (Å²) in [7, 11) is 1.65. The summed E-state index contributed by atoms with van der Waals surface area (Å²) in [4.78, 5) is 14.6.